The Morgan fingerprint density at radius 2 is 1.00 bits per heavy atom. The summed E-state index contributed by atoms with van der Waals surface area (Å²) in [5.74, 6) is 0. The van der Waals surface area contributed by atoms with E-state index < -0.39 is 0 Å². The number of hydrogen-bond donors (Lipinski definition) is 0. The topological polar surface area (TPSA) is 9.23 Å². The van der Waals surface area contributed by atoms with Crippen LogP contribution in [0.25, 0.3) is 0 Å². The molecular weight excluding hydrogens is 456 g/mol. The van der Waals surface area contributed by atoms with E-state index in [-0.39, 0.29) is 10.8 Å². The maximum atomic E-state index is 5.81. The molecule has 1 nitrogen and oxygen atoms in total. The van der Waals surface area contributed by atoms with Crippen LogP contribution >= 0.6 is 63.7 Å². The average Bonchev–Trinajstić information content (AvgIpc) is 2.28. The molecule has 0 heterocycles. The number of halogens is 4. The predicted molar refractivity (Wildman–Crippen MR) is 82.2 cm³/mol. The fraction of sp³-hybridized carbons (Fsp3) is 1.00. The van der Waals surface area contributed by atoms with Gasteiger partial charge in [0.2, 0.25) is 0 Å². The molecule has 92 valence electrons. The highest BCUT2D eigenvalue weighted by Crippen LogP contribution is 2.26. The third kappa shape index (κ3) is 6.39. The number of rotatable bonds is 8. The molecule has 0 spiro atoms. The first kappa shape index (κ1) is 16.9. The Morgan fingerprint density at radius 3 is 1.20 bits per heavy atom. The summed E-state index contributed by atoms with van der Waals surface area (Å²) in [7, 11) is 0. The molecule has 0 aromatic heterocycles. The smallest absolute Gasteiger partial charge is 0.0536 e. The van der Waals surface area contributed by atoms with Crippen molar-refractivity contribution in [2.24, 2.45) is 10.8 Å². The Labute approximate surface area is 127 Å². The molecule has 0 saturated heterocycles. The van der Waals surface area contributed by atoms with Crippen molar-refractivity contribution >= 4 is 63.7 Å². The second-order valence-electron chi connectivity index (χ2n) is 4.65. The molecule has 5 heteroatoms. The molecule has 0 aliphatic heterocycles. The van der Waals surface area contributed by atoms with Gasteiger partial charge in [0, 0.05) is 32.2 Å². The molecule has 0 N–H and O–H groups in total. The van der Waals surface area contributed by atoms with Crippen molar-refractivity contribution in [2.45, 2.75) is 13.8 Å². The van der Waals surface area contributed by atoms with Crippen LogP contribution in [0.3, 0.4) is 0 Å². The van der Waals surface area contributed by atoms with Crippen LogP contribution in [0.5, 0.6) is 0 Å². The van der Waals surface area contributed by atoms with Gasteiger partial charge in [-0.3, -0.25) is 0 Å². The summed E-state index contributed by atoms with van der Waals surface area (Å²) in [5.41, 5.74) is 0.360. The van der Waals surface area contributed by atoms with Gasteiger partial charge in [-0.25, -0.2) is 0 Å². The first-order valence-electron chi connectivity index (χ1n) is 4.77. The minimum atomic E-state index is 0.180. The zero-order valence-corrected chi connectivity index (χ0v) is 15.5. The Balaban J connectivity index is 3.96. The molecule has 0 radical (unpaired) electrons. The summed E-state index contributed by atoms with van der Waals surface area (Å²) in [5, 5.41) is 3.80. The highest BCUT2D eigenvalue weighted by molar-refractivity contribution is 9.10. The third-order valence-corrected chi connectivity index (χ3v) is 7.61. The van der Waals surface area contributed by atoms with Crippen molar-refractivity contribution in [3.63, 3.8) is 0 Å². The normalized spacial score (nSPS) is 13.2. The van der Waals surface area contributed by atoms with E-state index >= 15 is 0 Å². The Morgan fingerprint density at radius 1 is 0.733 bits per heavy atom. The molecule has 0 aliphatic rings. The SMILES string of the molecule is CC(CBr)(CBr)COCC(C)(CBr)CBr. The quantitative estimate of drug-likeness (QED) is 0.468. The summed E-state index contributed by atoms with van der Waals surface area (Å²) >= 11 is 14.1. The van der Waals surface area contributed by atoms with E-state index in [0.29, 0.717) is 0 Å². The van der Waals surface area contributed by atoms with Gasteiger partial charge in [0.15, 0.2) is 0 Å². The van der Waals surface area contributed by atoms with Gasteiger partial charge < -0.3 is 4.74 Å². The van der Waals surface area contributed by atoms with Gasteiger partial charge in [0.1, 0.15) is 0 Å². The molecule has 0 bridgehead atoms. The van der Waals surface area contributed by atoms with Crippen LogP contribution < -0.4 is 0 Å². The van der Waals surface area contributed by atoms with Crippen molar-refractivity contribution in [1.82, 2.24) is 0 Å². The lowest BCUT2D eigenvalue weighted by Gasteiger charge is -2.29. The summed E-state index contributed by atoms with van der Waals surface area (Å²) in [6.07, 6.45) is 0. The molecule has 0 atom stereocenters. The fourth-order valence-electron chi connectivity index (χ4n) is 0.770. The van der Waals surface area contributed by atoms with Gasteiger partial charge in [-0.1, -0.05) is 77.6 Å². The van der Waals surface area contributed by atoms with E-state index in [1.807, 2.05) is 0 Å². The first-order chi connectivity index (χ1) is 6.95. The maximum absolute atomic E-state index is 5.81. The van der Waals surface area contributed by atoms with E-state index in [9.17, 15) is 0 Å². The molecular formula is C10H18Br4O. The number of alkyl halides is 4. The lowest BCUT2D eigenvalue weighted by molar-refractivity contribution is 0.0351. The maximum Gasteiger partial charge on any atom is 0.0536 e. The highest BCUT2D eigenvalue weighted by atomic mass is 79.9. The van der Waals surface area contributed by atoms with Crippen LogP contribution in [-0.2, 0) is 4.74 Å². The molecule has 0 unspecified atom stereocenters. The largest absolute Gasteiger partial charge is 0.380 e. The molecule has 15 heavy (non-hydrogen) atoms. The van der Waals surface area contributed by atoms with Gasteiger partial charge in [-0.15, -0.1) is 0 Å². The summed E-state index contributed by atoms with van der Waals surface area (Å²) in [4.78, 5) is 0. The Hall–Kier alpha value is 1.88. The van der Waals surface area contributed by atoms with Crippen molar-refractivity contribution < 1.29 is 4.74 Å². The Kier molecular flexibility index (Phi) is 9.08. The van der Waals surface area contributed by atoms with Crippen molar-refractivity contribution in [1.29, 1.82) is 0 Å². The van der Waals surface area contributed by atoms with Crippen LogP contribution in [0.2, 0.25) is 0 Å². The van der Waals surface area contributed by atoms with Crippen LogP contribution in [0, 0.1) is 10.8 Å². The van der Waals surface area contributed by atoms with E-state index in [2.05, 4.69) is 77.6 Å². The molecule has 0 aliphatic carbocycles. The van der Waals surface area contributed by atoms with E-state index in [0.717, 1.165) is 34.5 Å². The molecule has 0 amide bonds. The van der Waals surface area contributed by atoms with E-state index in [1.54, 1.807) is 0 Å². The van der Waals surface area contributed by atoms with Gasteiger partial charge in [0.25, 0.3) is 0 Å². The lowest BCUT2D eigenvalue weighted by Crippen LogP contribution is -2.32. The van der Waals surface area contributed by atoms with E-state index in [4.69, 9.17) is 4.74 Å². The second-order valence-corrected chi connectivity index (χ2v) is 6.89. The fourth-order valence-corrected chi connectivity index (χ4v) is 3.27. The van der Waals surface area contributed by atoms with Crippen LogP contribution in [0.15, 0.2) is 0 Å². The van der Waals surface area contributed by atoms with Gasteiger partial charge in [0.05, 0.1) is 13.2 Å². The molecule has 0 rings (SSSR count). The van der Waals surface area contributed by atoms with Gasteiger partial charge >= 0.3 is 0 Å². The minimum absolute atomic E-state index is 0.180. The van der Waals surface area contributed by atoms with Crippen molar-refractivity contribution in [3.05, 3.63) is 0 Å². The summed E-state index contributed by atoms with van der Waals surface area (Å²) < 4.78 is 5.81. The van der Waals surface area contributed by atoms with E-state index in [1.165, 1.54) is 0 Å². The first-order valence-corrected chi connectivity index (χ1v) is 9.25. The van der Waals surface area contributed by atoms with Crippen LogP contribution in [0.1, 0.15) is 13.8 Å². The zero-order chi connectivity index (χ0) is 11.9. The number of hydrogen-bond acceptors (Lipinski definition) is 1. The van der Waals surface area contributed by atoms with Gasteiger partial charge in [-0.05, 0) is 0 Å². The predicted octanol–water partition coefficient (Wildman–Crippen LogP) is 4.60. The second kappa shape index (κ2) is 8.06. The minimum Gasteiger partial charge on any atom is -0.380 e. The molecule has 0 aromatic carbocycles. The average molecular weight is 474 g/mol. The highest BCUT2D eigenvalue weighted by Gasteiger charge is 2.26. The summed E-state index contributed by atoms with van der Waals surface area (Å²) in [6, 6.07) is 0. The van der Waals surface area contributed by atoms with Crippen LogP contribution in [0.4, 0.5) is 0 Å². The summed E-state index contributed by atoms with van der Waals surface area (Å²) in [6.45, 7) is 5.96. The molecule has 0 aromatic rings. The lowest BCUT2D eigenvalue weighted by atomic mass is 9.96. The van der Waals surface area contributed by atoms with Gasteiger partial charge in [-0.2, -0.15) is 0 Å². The van der Waals surface area contributed by atoms with Crippen LogP contribution in [-0.4, -0.2) is 34.5 Å². The molecule has 0 saturated carbocycles. The number of ether oxygens (including phenoxy) is 1. The molecule has 0 fully saturated rings. The Bertz CT molecular complexity index is 149. The zero-order valence-electron chi connectivity index (χ0n) is 9.16. The standard InChI is InChI=1S/C10H18Br4O/c1-9(3-11,4-12)7-15-8-10(2,5-13)6-14/h3-8H2,1-2H3. The monoisotopic (exact) mass is 470 g/mol. The third-order valence-electron chi connectivity index (χ3n) is 2.19. The van der Waals surface area contributed by atoms with Crippen molar-refractivity contribution in [2.75, 3.05) is 34.5 Å². The van der Waals surface area contributed by atoms with Crippen molar-refractivity contribution in [3.8, 4) is 0 Å².